The summed E-state index contributed by atoms with van der Waals surface area (Å²) in [5, 5.41) is 2.47. The molecule has 0 spiro atoms. The Morgan fingerprint density at radius 3 is 2.46 bits per heavy atom. The Labute approximate surface area is 153 Å². The molecule has 2 saturated carbocycles. The highest BCUT2D eigenvalue weighted by Gasteiger charge is 2.65. The van der Waals surface area contributed by atoms with E-state index in [-0.39, 0.29) is 48.4 Å². The molecule has 4 aliphatic rings. The number of rotatable bonds is 4. The Morgan fingerprint density at radius 2 is 1.92 bits per heavy atom. The van der Waals surface area contributed by atoms with Gasteiger partial charge in [0.15, 0.2) is 0 Å². The average molecular weight is 383 g/mol. The largest absolute Gasteiger partial charge is 0.329 e. The molecular formula is C17H25N3O5S. The van der Waals surface area contributed by atoms with Gasteiger partial charge in [-0.15, -0.1) is 0 Å². The Kier molecular flexibility index (Phi) is 3.80. The molecule has 1 N–H and O–H groups in total. The van der Waals surface area contributed by atoms with Crippen molar-refractivity contribution >= 4 is 27.7 Å². The first-order valence-electron chi connectivity index (χ1n) is 9.19. The van der Waals surface area contributed by atoms with Crippen LogP contribution < -0.4 is 5.32 Å². The number of carbonyl (C=O) groups is 3. The molecule has 26 heavy (non-hydrogen) atoms. The first-order valence-corrected chi connectivity index (χ1v) is 10.8. The SMILES string of the molecule is CC1(C)C2CCC1(CS(=O)(=O)N1CCC(N3C(=O)CNC3=O)C1)C(=O)C2. The van der Waals surface area contributed by atoms with E-state index in [4.69, 9.17) is 0 Å². The molecule has 8 nitrogen and oxygen atoms in total. The van der Waals surface area contributed by atoms with Crippen molar-refractivity contribution in [2.24, 2.45) is 16.7 Å². The van der Waals surface area contributed by atoms with E-state index >= 15 is 0 Å². The van der Waals surface area contributed by atoms with Gasteiger partial charge in [-0.1, -0.05) is 13.8 Å². The molecule has 2 saturated heterocycles. The highest BCUT2D eigenvalue weighted by atomic mass is 32.2. The summed E-state index contributed by atoms with van der Waals surface area (Å²) in [4.78, 5) is 37.5. The van der Waals surface area contributed by atoms with Crippen molar-refractivity contribution in [2.45, 2.75) is 45.6 Å². The van der Waals surface area contributed by atoms with Crippen LogP contribution in [0.3, 0.4) is 0 Å². The predicted molar refractivity (Wildman–Crippen MR) is 92.6 cm³/mol. The molecule has 0 aromatic rings. The summed E-state index contributed by atoms with van der Waals surface area (Å²) >= 11 is 0. The van der Waals surface area contributed by atoms with Crippen molar-refractivity contribution in [3.63, 3.8) is 0 Å². The van der Waals surface area contributed by atoms with Crippen LogP contribution in [0.1, 0.15) is 39.5 Å². The van der Waals surface area contributed by atoms with E-state index in [9.17, 15) is 22.8 Å². The third kappa shape index (κ3) is 2.29. The fraction of sp³-hybridized carbons (Fsp3) is 0.824. The van der Waals surface area contributed by atoms with Crippen LogP contribution in [0.25, 0.3) is 0 Å². The van der Waals surface area contributed by atoms with Crippen LogP contribution in [0.4, 0.5) is 4.79 Å². The van der Waals surface area contributed by atoms with E-state index in [0.29, 0.717) is 19.3 Å². The number of sulfonamides is 1. The minimum absolute atomic E-state index is 0.0325. The van der Waals surface area contributed by atoms with E-state index in [2.05, 4.69) is 5.32 Å². The van der Waals surface area contributed by atoms with Gasteiger partial charge >= 0.3 is 6.03 Å². The molecule has 4 fully saturated rings. The number of hydrogen-bond donors (Lipinski definition) is 1. The fourth-order valence-corrected chi connectivity index (χ4v) is 7.75. The standard InChI is InChI=1S/C17H25N3O5S/c1-16(2)11-3-5-17(16,13(21)7-11)10-26(24,25)19-6-4-12(9-19)20-14(22)8-18-15(20)23/h11-12H,3-10H2,1-2H3,(H,18,23). The van der Waals surface area contributed by atoms with Crippen molar-refractivity contribution in [2.75, 3.05) is 25.4 Å². The molecule has 3 atom stereocenters. The highest BCUT2D eigenvalue weighted by molar-refractivity contribution is 7.89. The normalized spacial score (nSPS) is 37.0. The quantitative estimate of drug-likeness (QED) is 0.705. The van der Waals surface area contributed by atoms with E-state index in [1.807, 2.05) is 13.8 Å². The summed E-state index contributed by atoms with van der Waals surface area (Å²) in [5.41, 5.74) is -1.10. The lowest BCUT2D eigenvalue weighted by Gasteiger charge is -2.37. The Morgan fingerprint density at radius 1 is 1.19 bits per heavy atom. The van der Waals surface area contributed by atoms with Gasteiger partial charge in [-0.05, 0) is 30.6 Å². The molecule has 2 aliphatic heterocycles. The van der Waals surface area contributed by atoms with Gasteiger partial charge in [0.05, 0.1) is 18.3 Å². The van der Waals surface area contributed by atoms with Crippen LogP contribution in [0.15, 0.2) is 0 Å². The summed E-state index contributed by atoms with van der Waals surface area (Å²) in [5.74, 6) is -0.131. The van der Waals surface area contributed by atoms with E-state index < -0.39 is 27.5 Å². The number of amides is 3. The summed E-state index contributed by atoms with van der Waals surface area (Å²) in [7, 11) is -3.65. The lowest BCUT2D eigenvalue weighted by atomic mass is 9.70. The zero-order chi connectivity index (χ0) is 18.9. The Bertz CT molecular complexity index is 776. The molecule has 2 heterocycles. The van der Waals surface area contributed by atoms with Crippen LogP contribution in [0.5, 0.6) is 0 Å². The summed E-state index contributed by atoms with van der Waals surface area (Å²) in [6, 6.07) is -0.885. The second-order valence-corrected chi connectivity index (χ2v) is 10.6. The third-order valence-electron chi connectivity index (χ3n) is 7.33. The molecule has 3 unspecified atom stereocenters. The van der Waals surface area contributed by atoms with Gasteiger partial charge < -0.3 is 5.32 Å². The molecule has 4 rings (SSSR count). The molecule has 2 aliphatic carbocycles. The van der Waals surface area contributed by atoms with Crippen molar-refractivity contribution in [3.05, 3.63) is 0 Å². The van der Waals surface area contributed by atoms with E-state index in [1.165, 1.54) is 4.31 Å². The summed E-state index contributed by atoms with van der Waals surface area (Å²) < 4.78 is 27.6. The Hall–Kier alpha value is -1.48. The van der Waals surface area contributed by atoms with Crippen LogP contribution >= 0.6 is 0 Å². The number of nitrogens with one attached hydrogen (secondary N) is 1. The first-order chi connectivity index (χ1) is 12.1. The summed E-state index contributed by atoms with van der Waals surface area (Å²) in [6.45, 7) is 4.40. The van der Waals surface area contributed by atoms with Crippen LogP contribution in [-0.2, 0) is 19.6 Å². The second kappa shape index (κ2) is 5.51. The minimum Gasteiger partial charge on any atom is -0.329 e. The molecule has 144 valence electrons. The number of hydrogen-bond acceptors (Lipinski definition) is 5. The van der Waals surface area contributed by atoms with E-state index in [0.717, 1.165) is 11.3 Å². The predicted octanol–water partition coefficient (Wildman–Crippen LogP) is 0.338. The molecule has 0 radical (unpaired) electrons. The highest BCUT2D eigenvalue weighted by Crippen LogP contribution is 2.64. The lowest BCUT2D eigenvalue weighted by molar-refractivity contribution is -0.128. The van der Waals surface area contributed by atoms with Crippen molar-refractivity contribution < 1.29 is 22.8 Å². The molecule has 9 heteroatoms. The molecule has 0 aromatic heterocycles. The van der Waals surface area contributed by atoms with Gasteiger partial charge in [0, 0.05) is 24.9 Å². The number of fused-ring (bicyclic) bond motifs is 2. The number of ketones is 1. The van der Waals surface area contributed by atoms with Crippen molar-refractivity contribution in [1.29, 1.82) is 0 Å². The smallest absolute Gasteiger partial charge is 0.324 e. The monoisotopic (exact) mass is 383 g/mol. The molecule has 3 amide bonds. The lowest BCUT2D eigenvalue weighted by Crippen LogP contribution is -2.47. The van der Waals surface area contributed by atoms with Gasteiger partial charge in [-0.3, -0.25) is 14.5 Å². The maximum absolute atomic E-state index is 13.1. The van der Waals surface area contributed by atoms with Gasteiger partial charge in [0.1, 0.15) is 5.78 Å². The van der Waals surface area contributed by atoms with Gasteiger partial charge in [0.2, 0.25) is 15.9 Å². The molecule has 0 aromatic carbocycles. The minimum atomic E-state index is -3.65. The number of Topliss-reactive ketones (excluding diaryl/α,β-unsaturated/α-hetero) is 1. The maximum atomic E-state index is 13.1. The molecule has 2 bridgehead atoms. The zero-order valence-corrected chi connectivity index (χ0v) is 16.0. The topological polar surface area (TPSA) is 104 Å². The Balaban J connectivity index is 1.52. The van der Waals surface area contributed by atoms with Gasteiger partial charge in [0.25, 0.3) is 0 Å². The summed E-state index contributed by atoms with van der Waals surface area (Å²) in [6.07, 6.45) is 2.45. The van der Waals surface area contributed by atoms with Crippen LogP contribution in [0, 0.1) is 16.7 Å². The van der Waals surface area contributed by atoms with Gasteiger partial charge in [-0.25, -0.2) is 13.2 Å². The number of carbonyl (C=O) groups excluding carboxylic acids is 3. The van der Waals surface area contributed by atoms with Crippen molar-refractivity contribution in [1.82, 2.24) is 14.5 Å². The number of urea groups is 1. The van der Waals surface area contributed by atoms with Crippen LogP contribution in [0.2, 0.25) is 0 Å². The van der Waals surface area contributed by atoms with Gasteiger partial charge in [-0.2, -0.15) is 4.31 Å². The first kappa shape index (κ1) is 17.9. The molecular weight excluding hydrogens is 358 g/mol. The van der Waals surface area contributed by atoms with Crippen LogP contribution in [-0.4, -0.2) is 66.8 Å². The maximum Gasteiger partial charge on any atom is 0.324 e. The zero-order valence-electron chi connectivity index (χ0n) is 15.2. The fourth-order valence-electron chi connectivity index (χ4n) is 5.49. The number of nitrogens with zero attached hydrogens (tertiary/aromatic N) is 2. The number of imide groups is 1. The second-order valence-electron chi connectivity index (χ2n) is 8.65. The van der Waals surface area contributed by atoms with Crippen molar-refractivity contribution in [3.8, 4) is 0 Å². The van der Waals surface area contributed by atoms with E-state index in [1.54, 1.807) is 0 Å². The average Bonchev–Trinajstić information content (AvgIpc) is 3.24. The third-order valence-corrected chi connectivity index (χ3v) is 9.31.